The van der Waals surface area contributed by atoms with Crippen molar-refractivity contribution in [2.45, 2.75) is 45.2 Å². The van der Waals surface area contributed by atoms with Crippen LogP contribution >= 0.6 is 0 Å². The van der Waals surface area contributed by atoms with Gasteiger partial charge in [-0.15, -0.1) is 0 Å². The summed E-state index contributed by atoms with van der Waals surface area (Å²) in [5.41, 5.74) is 10.9. The minimum Gasteiger partial charge on any atom is -0.340 e. The number of hydrogen-bond acceptors (Lipinski definition) is 5. The average molecular weight is 339 g/mol. The van der Waals surface area contributed by atoms with E-state index in [1.807, 2.05) is 44.0 Å². The number of benzene rings is 1. The first kappa shape index (κ1) is 16.4. The second-order valence-electron chi connectivity index (χ2n) is 7.38. The third-order valence-corrected chi connectivity index (χ3v) is 5.68. The first-order valence-electron chi connectivity index (χ1n) is 9.04. The Morgan fingerprint density at radius 2 is 1.92 bits per heavy atom. The van der Waals surface area contributed by atoms with Crippen molar-refractivity contribution in [1.82, 2.24) is 25.7 Å². The van der Waals surface area contributed by atoms with Crippen LogP contribution in [0.4, 0.5) is 0 Å². The fourth-order valence-corrected chi connectivity index (χ4v) is 4.11. The summed E-state index contributed by atoms with van der Waals surface area (Å²) in [5.74, 6) is 0.661. The topological polar surface area (TPSA) is 70.2 Å². The van der Waals surface area contributed by atoms with Crippen LogP contribution in [0.25, 0.3) is 11.0 Å². The Kier molecular flexibility index (Phi) is 4.17. The molecule has 3 atom stereocenters. The standard InChI is InChI=1S/C19H25N5O/c1-11-12(2)21-17-9-13(7-8-16(17)20-11)19(25)24(3)10-18-14-5-4-6-15(14)22-23-18/h7-9,14-15,18,22-23H,4-6,10H2,1-3H3. The number of hydrogen-bond donors (Lipinski definition) is 2. The predicted molar refractivity (Wildman–Crippen MR) is 97.2 cm³/mol. The van der Waals surface area contributed by atoms with Crippen molar-refractivity contribution in [3.63, 3.8) is 0 Å². The molecule has 0 spiro atoms. The lowest BCUT2D eigenvalue weighted by molar-refractivity contribution is 0.0776. The van der Waals surface area contributed by atoms with Crippen molar-refractivity contribution in [1.29, 1.82) is 0 Å². The van der Waals surface area contributed by atoms with Crippen molar-refractivity contribution in [2.75, 3.05) is 13.6 Å². The van der Waals surface area contributed by atoms with E-state index >= 15 is 0 Å². The van der Waals surface area contributed by atoms with Gasteiger partial charge in [0.05, 0.1) is 22.4 Å². The van der Waals surface area contributed by atoms with Gasteiger partial charge in [-0.2, -0.15) is 0 Å². The molecule has 1 aromatic heterocycles. The zero-order chi connectivity index (χ0) is 17.6. The van der Waals surface area contributed by atoms with Crippen LogP contribution in [0.5, 0.6) is 0 Å². The van der Waals surface area contributed by atoms with Crippen molar-refractivity contribution in [3.8, 4) is 0 Å². The quantitative estimate of drug-likeness (QED) is 0.895. The molecule has 6 heteroatoms. The minimum absolute atomic E-state index is 0.0326. The van der Waals surface area contributed by atoms with Crippen molar-refractivity contribution < 1.29 is 4.79 Å². The molecular weight excluding hydrogens is 314 g/mol. The molecule has 3 unspecified atom stereocenters. The summed E-state index contributed by atoms with van der Waals surface area (Å²) >= 11 is 0. The summed E-state index contributed by atoms with van der Waals surface area (Å²) in [6.07, 6.45) is 3.75. The van der Waals surface area contributed by atoms with Crippen molar-refractivity contribution in [3.05, 3.63) is 35.2 Å². The third-order valence-electron chi connectivity index (χ3n) is 5.68. The first-order chi connectivity index (χ1) is 12.0. The molecule has 6 nitrogen and oxygen atoms in total. The Labute approximate surface area is 148 Å². The molecule has 1 amide bonds. The molecule has 1 saturated carbocycles. The monoisotopic (exact) mass is 339 g/mol. The van der Waals surface area contributed by atoms with Gasteiger partial charge in [0.2, 0.25) is 0 Å². The van der Waals surface area contributed by atoms with E-state index in [0.717, 1.165) is 22.4 Å². The number of rotatable bonds is 3. The van der Waals surface area contributed by atoms with E-state index in [9.17, 15) is 4.79 Å². The summed E-state index contributed by atoms with van der Waals surface area (Å²) in [4.78, 5) is 23.8. The highest BCUT2D eigenvalue weighted by Crippen LogP contribution is 2.31. The van der Waals surface area contributed by atoms with E-state index in [1.54, 1.807) is 0 Å². The third kappa shape index (κ3) is 3.00. The van der Waals surface area contributed by atoms with Crippen LogP contribution in [0, 0.1) is 19.8 Å². The lowest BCUT2D eigenvalue weighted by atomic mass is 9.97. The van der Waals surface area contributed by atoms with Crippen molar-refractivity contribution >= 4 is 16.9 Å². The SMILES string of the molecule is Cc1nc2ccc(C(=O)N(C)CC3NNC4CCCC43)cc2nc1C. The molecule has 1 aliphatic carbocycles. The molecule has 132 valence electrons. The van der Waals surface area contributed by atoms with E-state index in [4.69, 9.17) is 0 Å². The van der Waals surface area contributed by atoms with Gasteiger partial charge in [0.1, 0.15) is 0 Å². The van der Waals surface area contributed by atoms with Crippen LogP contribution in [0.2, 0.25) is 0 Å². The summed E-state index contributed by atoms with van der Waals surface area (Å²) in [6, 6.07) is 6.48. The number of carbonyl (C=O) groups excluding carboxylic acids is 1. The van der Waals surface area contributed by atoms with E-state index in [0.29, 0.717) is 30.1 Å². The van der Waals surface area contributed by atoms with Gasteiger partial charge in [-0.25, -0.2) is 9.97 Å². The Balaban J connectivity index is 1.51. The maximum atomic E-state index is 12.8. The molecular formula is C19H25N5O. The first-order valence-corrected chi connectivity index (χ1v) is 9.04. The lowest BCUT2D eigenvalue weighted by Gasteiger charge is -2.24. The fourth-order valence-electron chi connectivity index (χ4n) is 4.11. The Morgan fingerprint density at radius 1 is 1.16 bits per heavy atom. The van der Waals surface area contributed by atoms with Gasteiger partial charge >= 0.3 is 0 Å². The molecule has 2 aromatic rings. The van der Waals surface area contributed by atoms with Gasteiger partial charge in [-0.1, -0.05) is 6.42 Å². The Hall–Kier alpha value is -2.05. The zero-order valence-electron chi connectivity index (χ0n) is 15.0. The van der Waals surface area contributed by atoms with Gasteiger partial charge in [-0.3, -0.25) is 15.6 Å². The highest BCUT2D eigenvalue weighted by molar-refractivity contribution is 5.97. The smallest absolute Gasteiger partial charge is 0.253 e. The maximum Gasteiger partial charge on any atom is 0.253 e. The number of nitrogens with zero attached hydrogens (tertiary/aromatic N) is 3. The van der Waals surface area contributed by atoms with Gasteiger partial charge < -0.3 is 4.90 Å². The molecule has 25 heavy (non-hydrogen) atoms. The van der Waals surface area contributed by atoms with Gasteiger partial charge in [0, 0.05) is 31.2 Å². The lowest BCUT2D eigenvalue weighted by Crippen LogP contribution is -2.43. The van der Waals surface area contributed by atoms with E-state index in [2.05, 4.69) is 20.8 Å². The molecule has 1 aromatic carbocycles. The van der Waals surface area contributed by atoms with Crippen LogP contribution in [-0.2, 0) is 0 Å². The van der Waals surface area contributed by atoms with E-state index < -0.39 is 0 Å². The Morgan fingerprint density at radius 3 is 2.72 bits per heavy atom. The summed E-state index contributed by atoms with van der Waals surface area (Å²) in [6.45, 7) is 4.61. The van der Waals surface area contributed by atoms with Gasteiger partial charge in [0.15, 0.2) is 0 Å². The summed E-state index contributed by atoms with van der Waals surface area (Å²) in [5, 5.41) is 0. The molecule has 1 saturated heterocycles. The highest BCUT2D eigenvalue weighted by Gasteiger charge is 2.39. The van der Waals surface area contributed by atoms with Gasteiger partial charge in [-0.05, 0) is 50.8 Å². The summed E-state index contributed by atoms with van der Waals surface area (Å²) < 4.78 is 0. The molecule has 4 rings (SSSR count). The second-order valence-corrected chi connectivity index (χ2v) is 7.38. The number of amides is 1. The van der Waals surface area contributed by atoms with Crippen LogP contribution < -0.4 is 10.9 Å². The van der Waals surface area contributed by atoms with Crippen LogP contribution in [-0.4, -0.2) is 46.5 Å². The number of aromatic nitrogens is 2. The van der Waals surface area contributed by atoms with Gasteiger partial charge in [0.25, 0.3) is 5.91 Å². The van der Waals surface area contributed by atoms with Crippen LogP contribution in [0.15, 0.2) is 18.2 Å². The predicted octanol–water partition coefficient (Wildman–Crippen LogP) is 1.96. The molecule has 2 N–H and O–H groups in total. The number of likely N-dealkylation sites (N-methyl/N-ethyl adjacent to an activating group) is 1. The van der Waals surface area contributed by atoms with Crippen LogP contribution in [0.3, 0.4) is 0 Å². The largest absolute Gasteiger partial charge is 0.340 e. The number of hydrazine groups is 1. The summed E-state index contributed by atoms with van der Waals surface area (Å²) in [7, 11) is 1.88. The average Bonchev–Trinajstić information content (AvgIpc) is 3.20. The normalized spacial score (nSPS) is 25.3. The number of aryl methyl sites for hydroxylation is 2. The highest BCUT2D eigenvalue weighted by atomic mass is 16.2. The zero-order valence-corrected chi connectivity index (χ0v) is 15.0. The number of carbonyl (C=O) groups is 1. The molecule has 1 aliphatic heterocycles. The molecule has 0 radical (unpaired) electrons. The van der Waals surface area contributed by atoms with Crippen LogP contribution in [0.1, 0.15) is 41.0 Å². The van der Waals surface area contributed by atoms with Crippen molar-refractivity contribution in [2.24, 2.45) is 5.92 Å². The molecule has 2 fully saturated rings. The van der Waals surface area contributed by atoms with E-state index in [1.165, 1.54) is 19.3 Å². The minimum atomic E-state index is 0.0326. The fraction of sp³-hybridized carbons (Fsp3) is 0.526. The molecule has 2 aliphatic rings. The van der Waals surface area contributed by atoms with E-state index in [-0.39, 0.29) is 5.91 Å². The number of nitrogens with one attached hydrogen (secondary N) is 2. The molecule has 0 bridgehead atoms. The maximum absolute atomic E-state index is 12.8. The number of fused-ring (bicyclic) bond motifs is 2. The molecule has 2 heterocycles. The Bertz CT molecular complexity index is 821. The second kappa shape index (κ2) is 6.35.